The Labute approximate surface area is 96.8 Å². The monoisotopic (exact) mass is 246 g/mol. The fraction of sp³-hybridized carbons (Fsp3) is 0.111. The van der Waals surface area contributed by atoms with Gasteiger partial charge < -0.3 is 0 Å². The number of hydrogen-bond acceptors (Lipinski definition) is 4. The number of alkyl halides is 2. The van der Waals surface area contributed by atoms with Crippen LogP contribution in [0.2, 0.25) is 0 Å². The summed E-state index contributed by atoms with van der Waals surface area (Å²) in [4.78, 5) is 16.3. The van der Waals surface area contributed by atoms with Crippen molar-refractivity contribution >= 4 is 35.4 Å². The summed E-state index contributed by atoms with van der Waals surface area (Å²) in [6.45, 7) is 0. The summed E-state index contributed by atoms with van der Waals surface area (Å²) in [7, 11) is 0. The van der Waals surface area contributed by atoms with Gasteiger partial charge in [-0.15, -0.1) is 23.2 Å². The molecule has 0 atom stereocenters. The minimum atomic E-state index is -0.397. The molecular formula is C9H8Cl2N2O2. The maximum atomic E-state index is 8.35. The molecule has 15 heavy (non-hydrogen) atoms. The maximum absolute atomic E-state index is 8.35. The third kappa shape index (κ3) is 12.6. The summed E-state index contributed by atoms with van der Waals surface area (Å²) in [6.07, 6.45) is 1.50. The van der Waals surface area contributed by atoms with Gasteiger partial charge in [0.25, 0.3) is 0 Å². The number of halogens is 2. The molecule has 0 aromatic heterocycles. The van der Waals surface area contributed by atoms with E-state index in [1.54, 1.807) is 0 Å². The molecule has 1 aromatic rings. The molecule has 0 aliphatic carbocycles. The highest BCUT2D eigenvalue weighted by Crippen LogP contribution is 2.23. The standard InChI is InChI=1S/C7H6Cl2.2CHNO/c8-7(9)6-4-2-1-3-5-6;2*2-1-3/h1-5,7H;2*2H. The van der Waals surface area contributed by atoms with Gasteiger partial charge in [0.1, 0.15) is 4.84 Å². The lowest BCUT2D eigenvalue weighted by Gasteiger charge is -1.97. The lowest BCUT2D eigenvalue weighted by Crippen LogP contribution is -1.76. The number of benzene rings is 1. The molecule has 0 unspecified atom stereocenters. The summed E-state index contributed by atoms with van der Waals surface area (Å²) in [5.74, 6) is 0. The predicted molar refractivity (Wildman–Crippen MR) is 57.7 cm³/mol. The molecule has 0 saturated heterocycles. The second kappa shape index (κ2) is 12.6. The molecule has 0 radical (unpaired) electrons. The van der Waals surface area contributed by atoms with Gasteiger partial charge in [0.2, 0.25) is 12.2 Å². The first-order valence-corrected chi connectivity index (χ1v) is 4.42. The third-order valence-corrected chi connectivity index (χ3v) is 1.56. The van der Waals surface area contributed by atoms with Crippen LogP contribution >= 0.6 is 23.2 Å². The molecule has 0 saturated carbocycles. The van der Waals surface area contributed by atoms with Crippen LogP contribution < -0.4 is 0 Å². The molecule has 0 fully saturated rings. The first kappa shape index (κ1) is 16.0. The average molecular weight is 247 g/mol. The minimum absolute atomic E-state index is 0.397. The van der Waals surface area contributed by atoms with Crippen molar-refractivity contribution in [3.05, 3.63) is 35.9 Å². The van der Waals surface area contributed by atoms with Crippen LogP contribution in [0.5, 0.6) is 0 Å². The second-order valence-electron chi connectivity index (χ2n) is 1.92. The lowest BCUT2D eigenvalue weighted by atomic mass is 10.2. The molecule has 1 rings (SSSR count). The van der Waals surface area contributed by atoms with Crippen LogP contribution in [0.25, 0.3) is 0 Å². The van der Waals surface area contributed by atoms with Crippen molar-refractivity contribution in [1.82, 2.24) is 0 Å². The molecule has 0 bridgehead atoms. The van der Waals surface area contributed by atoms with Crippen molar-refractivity contribution in [2.45, 2.75) is 4.84 Å². The van der Waals surface area contributed by atoms with Gasteiger partial charge in [-0.25, -0.2) is 20.4 Å². The summed E-state index contributed by atoms with van der Waals surface area (Å²) >= 11 is 11.1. The highest BCUT2D eigenvalue weighted by Gasteiger charge is 1.98. The number of rotatable bonds is 1. The molecule has 0 aliphatic rings. The first-order chi connectivity index (χ1) is 7.13. The molecule has 2 N–H and O–H groups in total. The zero-order chi connectivity index (χ0) is 12.1. The van der Waals surface area contributed by atoms with E-state index in [-0.39, 0.29) is 0 Å². The third-order valence-electron chi connectivity index (χ3n) is 1.05. The van der Waals surface area contributed by atoms with Crippen LogP contribution in [-0.2, 0) is 9.59 Å². The van der Waals surface area contributed by atoms with Gasteiger partial charge in [0.05, 0.1) is 0 Å². The highest BCUT2D eigenvalue weighted by atomic mass is 35.5. The Balaban J connectivity index is 0. The van der Waals surface area contributed by atoms with E-state index in [1.807, 2.05) is 30.3 Å². The Bertz CT molecular complexity index is 304. The molecule has 0 heterocycles. The molecule has 80 valence electrons. The highest BCUT2D eigenvalue weighted by molar-refractivity contribution is 6.44. The number of nitrogens with one attached hydrogen (secondary N) is 2. The minimum Gasteiger partial charge on any atom is -0.222 e. The van der Waals surface area contributed by atoms with E-state index in [2.05, 4.69) is 0 Å². The predicted octanol–water partition coefficient (Wildman–Crippen LogP) is 2.96. The van der Waals surface area contributed by atoms with Gasteiger partial charge in [-0.2, -0.15) is 0 Å². The van der Waals surface area contributed by atoms with E-state index < -0.39 is 4.84 Å². The number of carbonyl (C=O) groups excluding carboxylic acids is 2. The first-order valence-electron chi connectivity index (χ1n) is 3.54. The molecule has 4 nitrogen and oxygen atoms in total. The van der Waals surface area contributed by atoms with Crippen LogP contribution in [0.1, 0.15) is 10.4 Å². The molecule has 0 amide bonds. The van der Waals surface area contributed by atoms with E-state index in [4.69, 9.17) is 43.6 Å². The Hall–Kier alpha value is -1.44. The molecule has 0 aliphatic heterocycles. The summed E-state index contributed by atoms with van der Waals surface area (Å²) < 4.78 is 0. The average Bonchev–Trinajstić information content (AvgIpc) is 2.21. The van der Waals surface area contributed by atoms with E-state index in [0.717, 1.165) is 17.7 Å². The quantitative estimate of drug-likeness (QED) is 0.454. The Kier molecular flexibility index (Phi) is 13.4. The smallest absolute Gasteiger partial charge is 0.222 e. The van der Waals surface area contributed by atoms with Gasteiger partial charge in [-0.05, 0) is 5.56 Å². The zero-order valence-electron chi connectivity index (χ0n) is 7.54. The zero-order valence-corrected chi connectivity index (χ0v) is 9.05. The van der Waals surface area contributed by atoms with Gasteiger partial charge in [0.15, 0.2) is 0 Å². The van der Waals surface area contributed by atoms with E-state index in [1.165, 1.54) is 0 Å². The SMILES string of the molecule is ClC(Cl)c1ccccc1.N=C=O.N=C=O. The van der Waals surface area contributed by atoms with Gasteiger partial charge >= 0.3 is 0 Å². The largest absolute Gasteiger partial charge is 0.231 e. The van der Waals surface area contributed by atoms with Crippen LogP contribution in [0.4, 0.5) is 0 Å². The Morgan fingerprint density at radius 1 is 1.00 bits per heavy atom. The van der Waals surface area contributed by atoms with Crippen LogP contribution in [0.15, 0.2) is 30.3 Å². The van der Waals surface area contributed by atoms with Gasteiger partial charge in [-0.1, -0.05) is 30.3 Å². The Morgan fingerprint density at radius 3 is 1.53 bits per heavy atom. The fourth-order valence-corrected chi connectivity index (χ4v) is 0.889. The van der Waals surface area contributed by atoms with Crippen molar-refractivity contribution < 1.29 is 9.59 Å². The van der Waals surface area contributed by atoms with Gasteiger partial charge in [-0.3, -0.25) is 0 Å². The Morgan fingerprint density at radius 2 is 1.33 bits per heavy atom. The van der Waals surface area contributed by atoms with Crippen molar-refractivity contribution in [2.24, 2.45) is 0 Å². The molecular weight excluding hydrogens is 239 g/mol. The fourth-order valence-electron chi connectivity index (χ4n) is 0.599. The maximum Gasteiger partial charge on any atom is 0.231 e. The van der Waals surface area contributed by atoms with E-state index in [0.29, 0.717) is 0 Å². The van der Waals surface area contributed by atoms with Crippen LogP contribution in [-0.4, -0.2) is 12.2 Å². The van der Waals surface area contributed by atoms with Crippen molar-refractivity contribution in [1.29, 1.82) is 10.8 Å². The molecule has 0 spiro atoms. The summed E-state index contributed by atoms with van der Waals surface area (Å²) in [5, 5.41) is 10.8. The van der Waals surface area contributed by atoms with Crippen molar-refractivity contribution in [2.75, 3.05) is 0 Å². The summed E-state index contributed by atoms with van der Waals surface area (Å²) in [5.41, 5.74) is 0.945. The normalized spacial score (nSPS) is 7.13. The van der Waals surface area contributed by atoms with Crippen LogP contribution in [0, 0.1) is 10.8 Å². The molecule has 1 aromatic carbocycles. The van der Waals surface area contributed by atoms with E-state index >= 15 is 0 Å². The molecule has 6 heteroatoms. The number of hydrogen-bond donors (Lipinski definition) is 2. The second-order valence-corrected chi connectivity index (χ2v) is 3.01. The topological polar surface area (TPSA) is 81.8 Å². The van der Waals surface area contributed by atoms with Crippen molar-refractivity contribution in [3.63, 3.8) is 0 Å². The van der Waals surface area contributed by atoms with E-state index in [9.17, 15) is 0 Å². The lowest BCUT2D eigenvalue weighted by molar-refractivity contribution is 0.562. The summed E-state index contributed by atoms with van der Waals surface area (Å²) in [6, 6.07) is 9.54. The number of isocyanates is 2. The van der Waals surface area contributed by atoms with Crippen LogP contribution in [0.3, 0.4) is 0 Å². The van der Waals surface area contributed by atoms with Crippen molar-refractivity contribution in [3.8, 4) is 0 Å². The van der Waals surface area contributed by atoms with Gasteiger partial charge in [0, 0.05) is 0 Å².